The molecule has 0 aromatic heterocycles. The largest absolute Gasteiger partial charge is 0.461 e. The van der Waals surface area contributed by atoms with E-state index in [1.807, 2.05) is 37.3 Å². The number of esters is 1. The number of carbonyl (C=O) groups excluding carboxylic acids is 1. The zero-order valence-corrected chi connectivity index (χ0v) is 15.1. The van der Waals surface area contributed by atoms with Gasteiger partial charge in [0.05, 0.1) is 12.5 Å². The van der Waals surface area contributed by atoms with Crippen molar-refractivity contribution in [3.05, 3.63) is 35.9 Å². The molecule has 1 aromatic carbocycles. The monoisotopic (exact) mass is 308 g/mol. The SMILES string of the molecule is C[C@H](CC(=O)OCc1ccccc1)O[Si](C)(C)C(C)(C)C. The maximum absolute atomic E-state index is 11.9. The maximum Gasteiger partial charge on any atom is 0.308 e. The van der Waals surface area contributed by atoms with Crippen LogP contribution in [-0.4, -0.2) is 20.4 Å². The van der Waals surface area contributed by atoms with Crippen molar-refractivity contribution in [1.82, 2.24) is 0 Å². The van der Waals surface area contributed by atoms with E-state index in [1.54, 1.807) is 0 Å². The Labute approximate surface area is 129 Å². The molecule has 0 aliphatic rings. The van der Waals surface area contributed by atoms with Crippen molar-refractivity contribution in [3.8, 4) is 0 Å². The minimum atomic E-state index is -1.83. The first-order chi connectivity index (χ1) is 9.62. The van der Waals surface area contributed by atoms with Gasteiger partial charge < -0.3 is 9.16 Å². The first kappa shape index (κ1) is 17.9. The van der Waals surface area contributed by atoms with E-state index < -0.39 is 8.32 Å². The summed E-state index contributed by atoms with van der Waals surface area (Å²) >= 11 is 0. The molecule has 1 rings (SSSR count). The lowest BCUT2D eigenvalue weighted by atomic mass is 10.2. The Morgan fingerprint density at radius 3 is 2.29 bits per heavy atom. The van der Waals surface area contributed by atoms with Gasteiger partial charge in [-0.2, -0.15) is 0 Å². The van der Waals surface area contributed by atoms with E-state index in [2.05, 4.69) is 33.9 Å². The van der Waals surface area contributed by atoms with Gasteiger partial charge in [-0.3, -0.25) is 4.79 Å². The lowest BCUT2D eigenvalue weighted by Crippen LogP contribution is -2.43. The Kier molecular flexibility index (Phi) is 6.17. The Morgan fingerprint density at radius 1 is 1.19 bits per heavy atom. The van der Waals surface area contributed by atoms with Gasteiger partial charge in [0.25, 0.3) is 0 Å². The molecule has 0 aliphatic carbocycles. The van der Waals surface area contributed by atoms with Crippen molar-refractivity contribution >= 4 is 14.3 Å². The van der Waals surface area contributed by atoms with Crippen LogP contribution in [0.1, 0.15) is 39.7 Å². The average Bonchev–Trinajstić information content (AvgIpc) is 2.35. The highest BCUT2D eigenvalue weighted by Crippen LogP contribution is 2.37. The summed E-state index contributed by atoms with van der Waals surface area (Å²) in [5, 5.41) is 0.148. The highest BCUT2D eigenvalue weighted by Gasteiger charge is 2.38. The van der Waals surface area contributed by atoms with E-state index in [9.17, 15) is 4.79 Å². The molecule has 0 amide bonds. The molecule has 0 aliphatic heterocycles. The van der Waals surface area contributed by atoms with Crippen LogP contribution < -0.4 is 0 Å². The minimum Gasteiger partial charge on any atom is -0.461 e. The molecule has 0 saturated carbocycles. The fourth-order valence-electron chi connectivity index (χ4n) is 1.75. The number of benzene rings is 1. The van der Waals surface area contributed by atoms with Gasteiger partial charge in [0, 0.05) is 0 Å². The normalized spacial score (nSPS) is 13.8. The molecule has 0 bridgehead atoms. The molecule has 0 saturated heterocycles. The summed E-state index contributed by atoms with van der Waals surface area (Å²) in [5.41, 5.74) is 1.00. The Hall–Kier alpha value is -1.13. The summed E-state index contributed by atoms with van der Waals surface area (Å²) in [7, 11) is -1.83. The molecule has 21 heavy (non-hydrogen) atoms. The Morgan fingerprint density at radius 2 is 1.76 bits per heavy atom. The van der Waals surface area contributed by atoms with Gasteiger partial charge >= 0.3 is 5.97 Å². The van der Waals surface area contributed by atoms with Crippen molar-refractivity contribution in [2.45, 2.75) is 65.0 Å². The van der Waals surface area contributed by atoms with E-state index in [1.165, 1.54) is 0 Å². The maximum atomic E-state index is 11.9. The van der Waals surface area contributed by atoms with Crippen molar-refractivity contribution in [3.63, 3.8) is 0 Å². The van der Waals surface area contributed by atoms with E-state index in [0.29, 0.717) is 13.0 Å². The number of hydrogen-bond donors (Lipinski definition) is 0. The Bertz CT molecular complexity index is 449. The Balaban J connectivity index is 2.41. The second kappa shape index (κ2) is 7.23. The van der Waals surface area contributed by atoms with Crippen LogP contribution in [0.25, 0.3) is 0 Å². The molecule has 0 heterocycles. The topological polar surface area (TPSA) is 35.5 Å². The molecule has 0 spiro atoms. The lowest BCUT2D eigenvalue weighted by Gasteiger charge is -2.38. The predicted octanol–water partition coefficient (Wildman–Crippen LogP) is 4.53. The van der Waals surface area contributed by atoms with E-state index >= 15 is 0 Å². The summed E-state index contributed by atoms with van der Waals surface area (Å²) < 4.78 is 11.5. The molecule has 1 aromatic rings. The number of ether oxygens (including phenoxy) is 1. The molecule has 3 nitrogen and oxygen atoms in total. The highest BCUT2D eigenvalue weighted by atomic mass is 28.4. The smallest absolute Gasteiger partial charge is 0.308 e. The second-order valence-corrected chi connectivity index (χ2v) is 11.8. The summed E-state index contributed by atoms with van der Waals surface area (Å²) in [5.74, 6) is -0.204. The first-order valence-electron chi connectivity index (χ1n) is 7.49. The van der Waals surface area contributed by atoms with Gasteiger partial charge in [-0.25, -0.2) is 0 Å². The van der Waals surface area contributed by atoms with Crippen LogP contribution >= 0.6 is 0 Å². The molecule has 1 atom stereocenters. The molecule has 0 N–H and O–H groups in total. The highest BCUT2D eigenvalue weighted by molar-refractivity contribution is 6.74. The predicted molar refractivity (Wildman–Crippen MR) is 88.6 cm³/mol. The van der Waals surface area contributed by atoms with E-state index in [-0.39, 0.29) is 17.1 Å². The fraction of sp³-hybridized carbons (Fsp3) is 0.588. The van der Waals surface area contributed by atoms with Crippen LogP contribution in [0.5, 0.6) is 0 Å². The van der Waals surface area contributed by atoms with Gasteiger partial charge in [-0.15, -0.1) is 0 Å². The molecular weight excluding hydrogens is 280 g/mol. The molecule has 0 unspecified atom stereocenters. The number of rotatable bonds is 6. The third kappa shape index (κ3) is 6.02. The summed E-state index contributed by atoms with van der Waals surface area (Å²) in [6, 6.07) is 9.71. The van der Waals surface area contributed by atoms with Gasteiger partial charge in [0.15, 0.2) is 8.32 Å². The molecule has 0 radical (unpaired) electrons. The first-order valence-corrected chi connectivity index (χ1v) is 10.4. The molecule has 118 valence electrons. The van der Waals surface area contributed by atoms with Gasteiger partial charge in [-0.1, -0.05) is 51.1 Å². The van der Waals surface area contributed by atoms with Crippen LogP contribution in [0.4, 0.5) is 0 Å². The molecule has 4 heteroatoms. The van der Waals surface area contributed by atoms with Crippen molar-refractivity contribution in [1.29, 1.82) is 0 Å². The van der Waals surface area contributed by atoms with Crippen LogP contribution in [0.3, 0.4) is 0 Å². The van der Waals surface area contributed by atoms with Crippen molar-refractivity contribution < 1.29 is 14.0 Å². The van der Waals surface area contributed by atoms with Gasteiger partial charge in [0.2, 0.25) is 0 Å². The number of hydrogen-bond acceptors (Lipinski definition) is 3. The van der Waals surface area contributed by atoms with Crippen LogP contribution in [0.2, 0.25) is 18.1 Å². The van der Waals surface area contributed by atoms with Crippen molar-refractivity contribution in [2.24, 2.45) is 0 Å². The summed E-state index contributed by atoms with van der Waals surface area (Å²) in [6.07, 6.45) is 0.202. The number of carbonyl (C=O) groups is 1. The van der Waals surface area contributed by atoms with Crippen molar-refractivity contribution in [2.75, 3.05) is 0 Å². The average molecular weight is 308 g/mol. The van der Waals surface area contributed by atoms with E-state index in [4.69, 9.17) is 9.16 Å². The van der Waals surface area contributed by atoms with E-state index in [0.717, 1.165) is 5.56 Å². The zero-order chi connectivity index (χ0) is 16.1. The summed E-state index contributed by atoms with van der Waals surface area (Å²) in [4.78, 5) is 11.9. The van der Waals surface area contributed by atoms with Crippen LogP contribution in [0, 0.1) is 0 Å². The van der Waals surface area contributed by atoms with Gasteiger partial charge in [-0.05, 0) is 30.6 Å². The molecule has 0 fully saturated rings. The van der Waals surface area contributed by atoms with Crippen LogP contribution in [-0.2, 0) is 20.6 Å². The lowest BCUT2D eigenvalue weighted by molar-refractivity contribution is -0.146. The third-order valence-electron chi connectivity index (χ3n) is 4.00. The fourth-order valence-corrected chi connectivity index (χ4v) is 3.20. The second-order valence-electron chi connectivity index (χ2n) is 7.04. The standard InChI is InChI=1S/C17H28O3Si/c1-14(20-21(5,6)17(2,3)4)12-16(18)19-13-15-10-8-7-9-11-15/h7-11,14H,12-13H2,1-6H3/t14-/m1/s1. The molecular formula is C17H28O3Si. The van der Waals surface area contributed by atoms with Gasteiger partial charge in [0.1, 0.15) is 6.61 Å². The third-order valence-corrected chi connectivity index (χ3v) is 8.60. The quantitative estimate of drug-likeness (QED) is 0.572. The summed E-state index contributed by atoms with van der Waals surface area (Å²) in [6.45, 7) is 13.2. The van der Waals surface area contributed by atoms with Crippen LogP contribution in [0.15, 0.2) is 30.3 Å². The minimum absolute atomic E-state index is 0.103. The zero-order valence-electron chi connectivity index (χ0n) is 14.1.